The average Bonchev–Trinajstić information content (AvgIpc) is 3.09. The molecule has 2 aliphatic rings. The van der Waals surface area contributed by atoms with Crippen molar-refractivity contribution in [1.29, 1.82) is 0 Å². The molecule has 1 aromatic heterocycles. The fraction of sp³-hybridized carbons (Fsp3) is 0.412. The Morgan fingerprint density at radius 2 is 2.14 bits per heavy atom. The maximum absolute atomic E-state index is 11.2. The predicted octanol–water partition coefficient (Wildman–Crippen LogP) is 2.13. The number of fused-ring (bicyclic) bond motifs is 2. The Balaban J connectivity index is 1.41. The number of nitrogens with zero attached hydrogens (tertiary/aromatic N) is 2. The van der Waals surface area contributed by atoms with Crippen LogP contribution in [0.2, 0.25) is 0 Å². The van der Waals surface area contributed by atoms with Crippen molar-refractivity contribution in [3.05, 3.63) is 57.5 Å². The van der Waals surface area contributed by atoms with Gasteiger partial charge < -0.3 is 4.74 Å². The van der Waals surface area contributed by atoms with Crippen LogP contribution in [0.4, 0.5) is 0 Å². The summed E-state index contributed by atoms with van der Waals surface area (Å²) in [5, 5.41) is 0. The van der Waals surface area contributed by atoms with Crippen LogP contribution in [-0.4, -0.2) is 15.7 Å². The molecular weight excluding hydrogens is 264 g/mol. The van der Waals surface area contributed by atoms with Crippen LogP contribution < -0.4 is 10.3 Å². The molecule has 0 radical (unpaired) electrons. The molecule has 0 amide bonds. The van der Waals surface area contributed by atoms with Crippen molar-refractivity contribution >= 4 is 0 Å². The molecule has 4 heteroatoms. The number of hydrogen-bond acceptors (Lipinski definition) is 3. The van der Waals surface area contributed by atoms with Crippen LogP contribution in [0.25, 0.3) is 0 Å². The van der Waals surface area contributed by atoms with E-state index in [4.69, 9.17) is 4.74 Å². The lowest BCUT2D eigenvalue weighted by molar-refractivity contribution is 0.214. The molecule has 108 valence electrons. The predicted molar refractivity (Wildman–Crippen MR) is 79.7 cm³/mol. The van der Waals surface area contributed by atoms with E-state index in [2.05, 4.69) is 23.2 Å². The van der Waals surface area contributed by atoms with Gasteiger partial charge in [-0.2, -0.15) is 4.98 Å². The lowest BCUT2D eigenvalue weighted by Crippen LogP contribution is -2.15. The maximum atomic E-state index is 11.2. The van der Waals surface area contributed by atoms with Crippen LogP contribution in [0.1, 0.15) is 29.5 Å². The van der Waals surface area contributed by atoms with Crippen molar-refractivity contribution in [2.24, 2.45) is 0 Å². The highest BCUT2D eigenvalue weighted by Gasteiger charge is 2.22. The van der Waals surface area contributed by atoms with Gasteiger partial charge in [0.05, 0.1) is 6.54 Å². The number of aryl methyl sites for hydroxylation is 3. The van der Waals surface area contributed by atoms with Crippen molar-refractivity contribution in [2.75, 3.05) is 0 Å². The Bertz CT molecular complexity index is 736. The first-order valence-electron chi connectivity index (χ1n) is 7.63. The second kappa shape index (κ2) is 5.02. The van der Waals surface area contributed by atoms with E-state index in [-0.39, 0.29) is 11.7 Å². The molecular formula is C17H18N2O2. The monoisotopic (exact) mass is 282 g/mol. The summed E-state index contributed by atoms with van der Waals surface area (Å²) in [5.74, 6) is 0. The molecule has 2 aromatic rings. The maximum Gasteiger partial charge on any atom is 0.300 e. The minimum atomic E-state index is -0.236. The first-order valence-corrected chi connectivity index (χ1v) is 7.63. The van der Waals surface area contributed by atoms with Gasteiger partial charge in [0.15, 0.2) is 0 Å². The topological polar surface area (TPSA) is 44.1 Å². The van der Waals surface area contributed by atoms with E-state index < -0.39 is 0 Å². The number of ether oxygens (including phenoxy) is 1. The average molecular weight is 282 g/mol. The normalized spacial score (nSPS) is 19.1. The molecule has 0 spiro atoms. The van der Waals surface area contributed by atoms with Crippen molar-refractivity contribution in [3.8, 4) is 6.01 Å². The van der Waals surface area contributed by atoms with Crippen LogP contribution in [0, 0.1) is 0 Å². The van der Waals surface area contributed by atoms with Gasteiger partial charge >= 0.3 is 0 Å². The third-order valence-electron chi connectivity index (χ3n) is 4.44. The van der Waals surface area contributed by atoms with Gasteiger partial charge in [-0.1, -0.05) is 18.2 Å². The molecule has 4 rings (SSSR count). The zero-order chi connectivity index (χ0) is 14.2. The summed E-state index contributed by atoms with van der Waals surface area (Å²) in [5.41, 5.74) is 4.19. The minimum Gasteiger partial charge on any atom is -0.459 e. The van der Waals surface area contributed by atoms with E-state index in [1.165, 1.54) is 42.0 Å². The van der Waals surface area contributed by atoms with E-state index in [1.54, 1.807) is 6.20 Å². The highest BCUT2D eigenvalue weighted by atomic mass is 16.5. The Kier molecular flexibility index (Phi) is 3.02. The van der Waals surface area contributed by atoms with Crippen LogP contribution >= 0.6 is 0 Å². The van der Waals surface area contributed by atoms with Crippen molar-refractivity contribution in [1.82, 2.24) is 9.55 Å². The molecule has 1 unspecified atom stereocenters. The van der Waals surface area contributed by atoms with Crippen molar-refractivity contribution in [3.63, 3.8) is 0 Å². The molecule has 0 saturated heterocycles. The smallest absolute Gasteiger partial charge is 0.300 e. The van der Waals surface area contributed by atoms with E-state index >= 15 is 0 Å². The highest BCUT2D eigenvalue weighted by Crippen LogP contribution is 2.25. The first-order chi connectivity index (χ1) is 10.3. The Morgan fingerprint density at radius 1 is 1.24 bits per heavy atom. The van der Waals surface area contributed by atoms with Crippen LogP contribution in [0.15, 0.2) is 35.3 Å². The summed E-state index contributed by atoms with van der Waals surface area (Å²) in [6.45, 7) is 0.785. The van der Waals surface area contributed by atoms with Crippen LogP contribution in [0.3, 0.4) is 0 Å². The molecule has 1 aliphatic heterocycles. The molecule has 2 heterocycles. The summed E-state index contributed by atoms with van der Waals surface area (Å²) in [4.78, 5) is 15.1. The zero-order valence-electron chi connectivity index (χ0n) is 11.9. The largest absolute Gasteiger partial charge is 0.459 e. The van der Waals surface area contributed by atoms with Gasteiger partial charge in [0.1, 0.15) is 6.10 Å². The fourth-order valence-electron chi connectivity index (χ4n) is 3.31. The highest BCUT2D eigenvalue weighted by molar-refractivity contribution is 5.35. The number of hydrogen-bond donors (Lipinski definition) is 0. The third-order valence-corrected chi connectivity index (χ3v) is 4.44. The summed E-state index contributed by atoms with van der Waals surface area (Å²) < 4.78 is 7.67. The molecule has 1 aliphatic carbocycles. The van der Waals surface area contributed by atoms with Gasteiger partial charge in [0.25, 0.3) is 11.6 Å². The van der Waals surface area contributed by atoms with Crippen molar-refractivity contribution in [2.45, 2.75) is 44.8 Å². The number of aromatic nitrogens is 2. The molecule has 21 heavy (non-hydrogen) atoms. The summed E-state index contributed by atoms with van der Waals surface area (Å²) in [6.07, 6.45) is 7.59. The lowest BCUT2D eigenvalue weighted by Gasteiger charge is -2.09. The third kappa shape index (κ3) is 2.46. The summed E-state index contributed by atoms with van der Waals surface area (Å²) >= 11 is 0. The van der Waals surface area contributed by atoms with E-state index in [1.807, 2.05) is 4.57 Å². The van der Waals surface area contributed by atoms with Gasteiger partial charge in [-0.3, -0.25) is 9.36 Å². The van der Waals surface area contributed by atoms with E-state index in [0.29, 0.717) is 6.01 Å². The quantitative estimate of drug-likeness (QED) is 0.866. The molecule has 0 N–H and O–H groups in total. The molecule has 1 aromatic carbocycles. The molecule has 0 bridgehead atoms. The van der Waals surface area contributed by atoms with Gasteiger partial charge in [-0.15, -0.1) is 0 Å². The number of rotatable bonds is 3. The summed E-state index contributed by atoms with van der Waals surface area (Å²) in [6, 6.07) is 8.82. The van der Waals surface area contributed by atoms with Crippen molar-refractivity contribution < 1.29 is 4.74 Å². The molecule has 0 saturated carbocycles. The molecule has 1 atom stereocenters. The molecule has 0 fully saturated rings. The SMILES string of the molecule is O=c1ccn2c(n1)OC(CCc1ccc3c(c1)CCC3)C2. The minimum absolute atomic E-state index is 0.118. The number of benzene rings is 1. The van der Waals surface area contributed by atoms with E-state index in [0.717, 1.165) is 19.4 Å². The zero-order valence-corrected chi connectivity index (χ0v) is 11.9. The molecule has 4 nitrogen and oxygen atoms in total. The van der Waals surface area contributed by atoms with Gasteiger partial charge in [0, 0.05) is 12.3 Å². The second-order valence-corrected chi connectivity index (χ2v) is 5.94. The summed E-state index contributed by atoms with van der Waals surface area (Å²) in [7, 11) is 0. The van der Waals surface area contributed by atoms with Gasteiger partial charge in [0.2, 0.25) is 0 Å². The van der Waals surface area contributed by atoms with Gasteiger partial charge in [-0.05, 0) is 48.8 Å². The fourth-order valence-corrected chi connectivity index (χ4v) is 3.31. The van der Waals surface area contributed by atoms with Gasteiger partial charge in [-0.25, -0.2) is 0 Å². The van der Waals surface area contributed by atoms with E-state index in [9.17, 15) is 4.79 Å². The Morgan fingerprint density at radius 3 is 3.10 bits per heavy atom. The standard InChI is InChI=1S/C17H18N2O2/c20-16-8-9-19-11-15(21-17(19)18-16)7-5-12-4-6-13-2-1-3-14(13)10-12/h4,6,8-10,15H,1-3,5,7,11H2. The lowest BCUT2D eigenvalue weighted by atomic mass is 10.0. The Hall–Kier alpha value is -2.10. The Labute approximate surface area is 123 Å². The second-order valence-electron chi connectivity index (χ2n) is 5.94. The van der Waals surface area contributed by atoms with Crippen LogP contribution in [-0.2, 0) is 25.8 Å². The van der Waals surface area contributed by atoms with Crippen LogP contribution in [0.5, 0.6) is 6.01 Å². The first kappa shape index (κ1) is 12.6.